The molecule has 2 aliphatic rings. The van der Waals surface area contributed by atoms with Crippen molar-refractivity contribution in [3.8, 4) is 0 Å². The van der Waals surface area contributed by atoms with Gasteiger partial charge in [0, 0.05) is 6.04 Å². The standard InChI is InChI=1S/C20H35NO2SSi2/c1-25(2,3)20(26(4,5)6)19(17-13-9-7-10-14-17)21(24(20,22)23)18-15-11-8-12-16-18/h7,9-10,13-14,18-19H,8,11-12,15-16H2,1-6H3. The summed E-state index contributed by atoms with van der Waals surface area (Å²) in [4.78, 5) is 0. The van der Waals surface area contributed by atoms with Crippen molar-refractivity contribution >= 4 is 26.2 Å². The fraction of sp³-hybridized carbons (Fsp3) is 0.700. The third kappa shape index (κ3) is 2.71. The third-order valence-electron chi connectivity index (χ3n) is 6.60. The monoisotopic (exact) mass is 409 g/mol. The predicted molar refractivity (Wildman–Crippen MR) is 116 cm³/mol. The van der Waals surface area contributed by atoms with Gasteiger partial charge in [-0.1, -0.05) is 88.9 Å². The lowest BCUT2D eigenvalue weighted by molar-refractivity contribution is 0.159. The average molecular weight is 410 g/mol. The summed E-state index contributed by atoms with van der Waals surface area (Å²) in [6, 6.07) is 10.7. The molecule has 2 fully saturated rings. The smallest absolute Gasteiger partial charge is 0.212 e. The van der Waals surface area contributed by atoms with Gasteiger partial charge in [-0.2, -0.15) is 4.31 Å². The number of hydrogen-bond acceptors (Lipinski definition) is 2. The van der Waals surface area contributed by atoms with Crippen molar-refractivity contribution in [2.75, 3.05) is 0 Å². The molecule has 3 rings (SSSR count). The van der Waals surface area contributed by atoms with Crippen LogP contribution in [0.15, 0.2) is 30.3 Å². The molecule has 1 atom stereocenters. The van der Waals surface area contributed by atoms with Crippen LogP contribution in [0.5, 0.6) is 0 Å². The molecule has 0 amide bonds. The molecule has 1 heterocycles. The molecule has 1 aromatic rings. The molecular weight excluding hydrogens is 374 g/mol. The SMILES string of the molecule is C[Si](C)(C)C1([Si](C)(C)C)C(c2ccccc2)N(C2CCCCC2)S1(=O)=O. The van der Waals surface area contributed by atoms with Crippen molar-refractivity contribution in [2.45, 2.75) is 87.5 Å². The van der Waals surface area contributed by atoms with Gasteiger partial charge in [0.15, 0.2) is 0 Å². The second-order valence-corrected chi connectivity index (χ2v) is 24.0. The minimum Gasteiger partial charge on any atom is -0.212 e. The van der Waals surface area contributed by atoms with E-state index in [1.807, 2.05) is 10.4 Å². The Labute approximate surface area is 162 Å². The molecule has 0 bridgehead atoms. The van der Waals surface area contributed by atoms with Gasteiger partial charge in [0.25, 0.3) is 0 Å². The van der Waals surface area contributed by atoms with E-state index in [1.54, 1.807) is 0 Å². The molecule has 1 unspecified atom stereocenters. The van der Waals surface area contributed by atoms with Crippen LogP contribution >= 0.6 is 0 Å². The topological polar surface area (TPSA) is 37.4 Å². The summed E-state index contributed by atoms with van der Waals surface area (Å²) in [6.07, 6.45) is 5.61. The summed E-state index contributed by atoms with van der Waals surface area (Å²) in [7, 11) is -7.31. The van der Waals surface area contributed by atoms with Crippen LogP contribution in [0.3, 0.4) is 0 Å². The number of benzene rings is 1. The zero-order valence-electron chi connectivity index (χ0n) is 17.2. The van der Waals surface area contributed by atoms with Gasteiger partial charge < -0.3 is 0 Å². The Kier molecular flexibility index (Phi) is 5.13. The lowest BCUT2D eigenvalue weighted by Crippen LogP contribution is -2.85. The maximum absolute atomic E-state index is 14.0. The summed E-state index contributed by atoms with van der Waals surface area (Å²) in [6.45, 7) is 13.6. The summed E-state index contributed by atoms with van der Waals surface area (Å²) < 4.78 is 29.5. The van der Waals surface area contributed by atoms with E-state index in [0.29, 0.717) is 0 Å². The van der Waals surface area contributed by atoms with Gasteiger partial charge in [0.2, 0.25) is 10.0 Å². The molecule has 0 spiro atoms. The van der Waals surface area contributed by atoms with Gasteiger partial charge >= 0.3 is 0 Å². The van der Waals surface area contributed by atoms with Gasteiger partial charge in [-0.05, 0) is 18.4 Å². The highest BCUT2D eigenvalue weighted by molar-refractivity contribution is 7.96. The molecule has 1 aromatic carbocycles. The van der Waals surface area contributed by atoms with E-state index in [2.05, 4.69) is 63.5 Å². The largest absolute Gasteiger partial charge is 0.217 e. The van der Waals surface area contributed by atoms with Crippen LogP contribution in [0.1, 0.15) is 43.7 Å². The minimum atomic E-state index is -3.28. The van der Waals surface area contributed by atoms with Gasteiger partial charge in [-0.15, -0.1) is 0 Å². The Morgan fingerprint density at radius 2 is 1.38 bits per heavy atom. The van der Waals surface area contributed by atoms with E-state index in [1.165, 1.54) is 12.0 Å². The van der Waals surface area contributed by atoms with Crippen molar-refractivity contribution < 1.29 is 8.42 Å². The molecule has 26 heavy (non-hydrogen) atoms. The molecule has 1 saturated carbocycles. The lowest BCUT2D eigenvalue weighted by atomic mass is 9.94. The van der Waals surface area contributed by atoms with E-state index >= 15 is 0 Å². The van der Waals surface area contributed by atoms with E-state index < -0.39 is 30.2 Å². The molecular formula is C20H35NO2SSi2. The maximum Gasteiger partial charge on any atom is 0.217 e. The second kappa shape index (κ2) is 6.57. The predicted octanol–water partition coefficient (Wildman–Crippen LogP) is 5.20. The second-order valence-electron chi connectivity index (χ2n) is 10.2. The number of nitrogens with zero attached hydrogens (tertiary/aromatic N) is 1. The maximum atomic E-state index is 14.0. The molecule has 0 radical (unpaired) electrons. The first-order valence-electron chi connectivity index (χ1n) is 10.0. The van der Waals surface area contributed by atoms with Crippen LogP contribution in [0, 0.1) is 0 Å². The van der Waals surface area contributed by atoms with Crippen LogP contribution in [0.2, 0.25) is 39.3 Å². The van der Waals surface area contributed by atoms with E-state index in [-0.39, 0.29) is 12.1 Å². The first kappa shape index (κ1) is 20.3. The van der Waals surface area contributed by atoms with Crippen LogP contribution in [0.4, 0.5) is 0 Å². The highest BCUT2D eigenvalue weighted by Crippen LogP contribution is 2.61. The highest BCUT2D eigenvalue weighted by atomic mass is 32.2. The normalized spacial score (nSPS) is 27.1. The van der Waals surface area contributed by atoms with Crippen LogP contribution in [-0.4, -0.2) is 38.9 Å². The molecule has 6 heteroatoms. The number of hydrogen-bond donors (Lipinski definition) is 0. The number of rotatable bonds is 4. The third-order valence-corrected chi connectivity index (χ3v) is 23.4. The first-order valence-corrected chi connectivity index (χ1v) is 18.5. The molecule has 3 nitrogen and oxygen atoms in total. The zero-order valence-corrected chi connectivity index (χ0v) is 20.1. The van der Waals surface area contributed by atoms with Gasteiger partial charge in [-0.25, -0.2) is 8.42 Å². The fourth-order valence-electron chi connectivity index (χ4n) is 6.05. The van der Waals surface area contributed by atoms with Gasteiger partial charge in [-0.3, -0.25) is 0 Å². The van der Waals surface area contributed by atoms with Crippen molar-refractivity contribution in [1.82, 2.24) is 4.31 Å². The molecule has 0 N–H and O–H groups in total. The molecule has 1 aliphatic carbocycles. The summed E-state index contributed by atoms with van der Waals surface area (Å²) in [5.74, 6) is 0. The van der Waals surface area contributed by atoms with Crippen molar-refractivity contribution in [3.63, 3.8) is 0 Å². The Hall–Kier alpha value is -0.436. The van der Waals surface area contributed by atoms with E-state index in [4.69, 9.17) is 0 Å². The zero-order chi connectivity index (χ0) is 19.4. The van der Waals surface area contributed by atoms with E-state index in [0.717, 1.165) is 25.7 Å². The first-order chi connectivity index (χ1) is 12.0. The quantitative estimate of drug-likeness (QED) is 0.641. The Morgan fingerprint density at radius 1 is 0.885 bits per heavy atom. The molecule has 0 aromatic heterocycles. The Bertz CT molecular complexity index is 730. The van der Waals surface area contributed by atoms with Gasteiger partial charge in [0.05, 0.1) is 26.2 Å². The van der Waals surface area contributed by atoms with Crippen molar-refractivity contribution in [3.05, 3.63) is 35.9 Å². The fourth-order valence-corrected chi connectivity index (χ4v) is 26.2. The highest BCUT2D eigenvalue weighted by Gasteiger charge is 2.77. The lowest BCUT2D eigenvalue weighted by Gasteiger charge is -2.67. The van der Waals surface area contributed by atoms with Gasteiger partial charge in [0.1, 0.15) is 0 Å². The van der Waals surface area contributed by atoms with E-state index in [9.17, 15) is 8.42 Å². The average Bonchev–Trinajstić information content (AvgIpc) is 2.52. The van der Waals surface area contributed by atoms with Crippen molar-refractivity contribution in [1.29, 1.82) is 0 Å². The van der Waals surface area contributed by atoms with Crippen LogP contribution in [0.25, 0.3) is 0 Å². The van der Waals surface area contributed by atoms with Crippen LogP contribution < -0.4 is 0 Å². The molecule has 1 saturated heterocycles. The summed E-state index contributed by atoms with van der Waals surface area (Å²) in [5.41, 5.74) is 1.21. The Balaban J connectivity index is 2.22. The summed E-state index contributed by atoms with van der Waals surface area (Å²) >= 11 is 0. The summed E-state index contributed by atoms with van der Waals surface area (Å²) in [5, 5.41) is 0. The minimum absolute atomic E-state index is 0.0372. The Morgan fingerprint density at radius 3 is 1.85 bits per heavy atom. The molecule has 146 valence electrons. The van der Waals surface area contributed by atoms with Crippen molar-refractivity contribution in [2.24, 2.45) is 0 Å². The van der Waals surface area contributed by atoms with Crippen LogP contribution in [-0.2, 0) is 10.0 Å². The molecule has 1 aliphatic heterocycles. The number of sulfonamides is 1.